The normalized spacial score (nSPS) is 11.6. The second kappa shape index (κ2) is 7.95. The Kier molecular flexibility index (Phi) is 6.80. The van der Waals surface area contributed by atoms with Crippen LogP contribution >= 0.6 is 15.9 Å². The summed E-state index contributed by atoms with van der Waals surface area (Å²) in [5.74, 6) is -0.354. The highest BCUT2D eigenvalue weighted by atomic mass is 79.9. The summed E-state index contributed by atoms with van der Waals surface area (Å²) in [7, 11) is 0. The quantitative estimate of drug-likeness (QED) is 0.760. The fraction of sp³-hybridized carbons (Fsp3) is 0.688. The van der Waals surface area contributed by atoms with Crippen molar-refractivity contribution < 1.29 is 4.79 Å². The van der Waals surface area contributed by atoms with Crippen LogP contribution in [0.4, 0.5) is 0 Å². The van der Waals surface area contributed by atoms with Crippen LogP contribution in [0.25, 0.3) is 0 Å². The van der Waals surface area contributed by atoms with Crippen molar-refractivity contribution in [1.29, 1.82) is 0 Å². The minimum Gasteiger partial charge on any atom is -0.350 e. The molecule has 0 unspecified atom stereocenters. The van der Waals surface area contributed by atoms with E-state index < -0.39 is 16.8 Å². The first-order valence-corrected chi connectivity index (χ1v) is 8.68. The lowest BCUT2D eigenvalue weighted by Crippen LogP contribution is -2.48. The Bertz CT molecular complexity index is 684. The van der Waals surface area contributed by atoms with Crippen LogP contribution in [0, 0.1) is 6.92 Å². The molecule has 1 heterocycles. The smallest absolute Gasteiger partial charge is 0.331 e. The van der Waals surface area contributed by atoms with Gasteiger partial charge in [0.05, 0.1) is 0 Å². The summed E-state index contributed by atoms with van der Waals surface area (Å²) in [5, 5.41) is 2.77. The Morgan fingerprint density at radius 2 is 1.78 bits per heavy atom. The van der Waals surface area contributed by atoms with Crippen LogP contribution in [0.2, 0.25) is 0 Å². The number of nitrogens with one attached hydrogen (secondary N) is 1. The SMILES string of the molecule is CCCCCn1c(C)c(Br)c(=O)n(CC(=O)NC(C)(C)C)c1=O. The van der Waals surface area contributed by atoms with E-state index in [0.29, 0.717) is 16.7 Å². The van der Waals surface area contributed by atoms with E-state index >= 15 is 0 Å². The minimum absolute atomic E-state index is 0.276. The van der Waals surface area contributed by atoms with Crippen LogP contribution in [0.15, 0.2) is 14.1 Å². The highest BCUT2D eigenvalue weighted by Crippen LogP contribution is 2.10. The van der Waals surface area contributed by atoms with Gasteiger partial charge in [-0.05, 0) is 50.0 Å². The number of hydrogen-bond acceptors (Lipinski definition) is 3. The van der Waals surface area contributed by atoms with Gasteiger partial charge >= 0.3 is 5.69 Å². The van der Waals surface area contributed by atoms with Gasteiger partial charge in [-0.15, -0.1) is 0 Å². The predicted molar refractivity (Wildman–Crippen MR) is 94.8 cm³/mol. The van der Waals surface area contributed by atoms with Gasteiger partial charge in [0.2, 0.25) is 5.91 Å². The number of carbonyl (C=O) groups is 1. The van der Waals surface area contributed by atoms with E-state index in [0.717, 1.165) is 23.8 Å². The summed E-state index contributed by atoms with van der Waals surface area (Å²) >= 11 is 3.25. The summed E-state index contributed by atoms with van der Waals surface area (Å²) in [5.41, 5.74) is -0.717. The average molecular weight is 388 g/mol. The van der Waals surface area contributed by atoms with E-state index in [9.17, 15) is 14.4 Å². The zero-order valence-electron chi connectivity index (χ0n) is 14.5. The third-order valence-corrected chi connectivity index (χ3v) is 4.33. The van der Waals surface area contributed by atoms with Crippen LogP contribution in [0.1, 0.15) is 52.7 Å². The largest absolute Gasteiger partial charge is 0.350 e. The molecular weight excluding hydrogens is 362 g/mol. The first-order chi connectivity index (χ1) is 10.6. The molecule has 7 heteroatoms. The lowest BCUT2D eigenvalue weighted by Gasteiger charge is -2.21. The van der Waals surface area contributed by atoms with Crippen molar-refractivity contribution >= 4 is 21.8 Å². The van der Waals surface area contributed by atoms with Gasteiger partial charge in [-0.2, -0.15) is 0 Å². The number of nitrogens with zero attached hydrogens (tertiary/aromatic N) is 2. The van der Waals surface area contributed by atoms with Crippen LogP contribution < -0.4 is 16.6 Å². The van der Waals surface area contributed by atoms with Crippen LogP contribution in [0.3, 0.4) is 0 Å². The van der Waals surface area contributed by atoms with E-state index in [1.54, 1.807) is 11.5 Å². The Labute approximate surface area is 145 Å². The topological polar surface area (TPSA) is 73.1 Å². The Balaban J connectivity index is 3.19. The molecule has 0 atom stereocenters. The zero-order chi connectivity index (χ0) is 17.8. The minimum atomic E-state index is -0.469. The zero-order valence-corrected chi connectivity index (χ0v) is 16.1. The Hall–Kier alpha value is -1.37. The predicted octanol–water partition coefficient (Wildman–Crippen LogP) is 2.19. The van der Waals surface area contributed by atoms with E-state index in [-0.39, 0.29) is 12.5 Å². The molecule has 0 saturated heterocycles. The molecule has 1 N–H and O–H groups in total. The highest BCUT2D eigenvalue weighted by Gasteiger charge is 2.19. The van der Waals surface area contributed by atoms with Gasteiger partial charge in [-0.3, -0.25) is 14.2 Å². The summed E-state index contributed by atoms with van der Waals surface area (Å²) < 4.78 is 2.88. The third-order valence-electron chi connectivity index (χ3n) is 3.42. The lowest BCUT2D eigenvalue weighted by molar-refractivity contribution is -0.123. The van der Waals surface area contributed by atoms with Gasteiger partial charge in [0.1, 0.15) is 11.0 Å². The lowest BCUT2D eigenvalue weighted by atomic mass is 10.1. The Morgan fingerprint density at radius 1 is 1.17 bits per heavy atom. The summed E-state index contributed by atoms with van der Waals surface area (Å²) in [6.07, 6.45) is 2.91. The number of unbranched alkanes of at least 4 members (excludes halogenated alkanes) is 2. The molecule has 0 radical (unpaired) electrons. The molecule has 1 rings (SSSR count). The second-order valence-corrected chi connectivity index (χ2v) is 7.52. The van der Waals surface area contributed by atoms with Crippen LogP contribution in [-0.2, 0) is 17.9 Å². The van der Waals surface area contributed by atoms with Crippen molar-refractivity contribution in [3.63, 3.8) is 0 Å². The number of amides is 1. The van der Waals surface area contributed by atoms with Gasteiger partial charge in [0.15, 0.2) is 0 Å². The summed E-state index contributed by atoms with van der Waals surface area (Å²) in [4.78, 5) is 37.0. The molecule has 0 bridgehead atoms. The van der Waals surface area contributed by atoms with E-state index in [1.165, 1.54) is 0 Å². The van der Waals surface area contributed by atoms with Crippen LogP contribution in [-0.4, -0.2) is 20.6 Å². The number of carbonyl (C=O) groups excluding carboxylic acids is 1. The van der Waals surface area contributed by atoms with Gasteiger partial charge in [0, 0.05) is 17.8 Å². The first-order valence-electron chi connectivity index (χ1n) is 7.89. The van der Waals surface area contributed by atoms with Crippen molar-refractivity contribution in [3.8, 4) is 0 Å². The summed E-state index contributed by atoms with van der Waals surface area (Å²) in [6, 6.07) is 0. The number of halogens is 1. The van der Waals surface area contributed by atoms with Crippen molar-refractivity contribution in [3.05, 3.63) is 31.0 Å². The fourth-order valence-electron chi connectivity index (χ4n) is 2.29. The monoisotopic (exact) mass is 387 g/mol. The second-order valence-electron chi connectivity index (χ2n) is 6.73. The van der Waals surface area contributed by atoms with Gasteiger partial charge < -0.3 is 5.32 Å². The average Bonchev–Trinajstić information content (AvgIpc) is 2.43. The highest BCUT2D eigenvalue weighted by molar-refractivity contribution is 9.10. The van der Waals surface area contributed by atoms with Crippen LogP contribution in [0.5, 0.6) is 0 Å². The molecule has 0 aliphatic heterocycles. The van der Waals surface area contributed by atoms with Gasteiger partial charge in [-0.1, -0.05) is 19.8 Å². The molecule has 1 aromatic rings. The molecule has 0 saturated carbocycles. The van der Waals surface area contributed by atoms with E-state index in [1.807, 2.05) is 20.8 Å². The molecule has 0 aromatic carbocycles. The summed E-state index contributed by atoms with van der Waals surface area (Å²) in [6.45, 7) is 9.63. The Morgan fingerprint density at radius 3 is 2.30 bits per heavy atom. The maximum atomic E-state index is 12.6. The van der Waals surface area contributed by atoms with Gasteiger partial charge in [-0.25, -0.2) is 9.36 Å². The fourth-order valence-corrected chi connectivity index (χ4v) is 2.72. The molecule has 23 heavy (non-hydrogen) atoms. The molecule has 0 aliphatic rings. The maximum absolute atomic E-state index is 12.6. The third kappa shape index (κ3) is 5.34. The van der Waals surface area contributed by atoms with Crippen molar-refractivity contribution in [1.82, 2.24) is 14.5 Å². The molecule has 0 spiro atoms. The van der Waals surface area contributed by atoms with E-state index in [2.05, 4.69) is 28.2 Å². The molecule has 0 aliphatic carbocycles. The first kappa shape index (κ1) is 19.7. The standard InChI is InChI=1S/C16H26BrN3O3/c1-6-7-8-9-19-11(2)13(17)14(22)20(15(19)23)10-12(21)18-16(3,4)5/h6-10H2,1-5H3,(H,18,21). The maximum Gasteiger partial charge on any atom is 0.331 e. The van der Waals surface area contributed by atoms with Crippen molar-refractivity contribution in [2.75, 3.05) is 0 Å². The molecule has 6 nitrogen and oxygen atoms in total. The van der Waals surface area contributed by atoms with Crippen molar-refractivity contribution in [2.45, 2.75) is 72.5 Å². The number of rotatable bonds is 6. The molecule has 0 fully saturated rings. The number of aromatic nitrogens is 2. The molecule has 1 amide bonds. The molecule has 1 aromatic heterocycles. The van der Waals surface area contributed by atoms with Crippen molar-refractivity contribution in [2.24, 2.45) is 0 Å². The molecular formula is C16H26BrN3O3. The number of hydrogen-bond donors (Lipinski definition) is 1. The van der Waals surface area contributed by atoms with E-state index in [4.69, 9.17) is 0 Å². The van der Waals surface area contributed by atoms with Gasteiger partial charge in [0.25, 0.3) is 5.56 Å². The molecule has 130 valence electrons.